The molecule has 0 aromatic rings. The van der Waals surface area contributed by atoms with Gasteiger partial charge in [0, 0.05) is 13.1 Å². The molecule has 0 aromatic heterocycles. The van der Waals surface area contributed by atoms with E-state index < -0.39 is 17.2 Å². The topological polar surface area (TPSA) is 20.3 Å². The van der Waals surface area contributed by atoms with E-state index in [2.05, 4.69) is 0 Å². The molecule has 0 radical (unpaired) electrons. The van der Waals surface area contributed by atoms with Crippen LogP contribution in [0.1, 0.15) is 19.8 Å². The van der Waals surface area contributed by atoms with Crippen LogP contribution < -0.4 is 0 Å². The highest BCUT2D eigenvalue weighted by atomic mass is 32.2. The lowest BCUT2D eigenvalue weighted by Gasteiger charge is -2.24. The summed E-state index contributed by atoms with van der Waals surface area (Å²) < 4.78 is 35.5. The summed E-state index contributed by atoms with van der Waals surface area (Å²) in [4.78, 5) is 12.8. The summed E-state index contributed by atoms with van der Waals surface area (Å²) in [6.07, 6.45) is 2.15. The molecule has 1 saturated carbocycles. The summed E-state index contributed by atoms with van der Waals surface area (Å²) in [5.74, 6) is -0.483. The Morgan fingerprint density at radius 2 is 2.07 bits per heavy atom. The Morgan fingerprint density at radius 3 is 2.47 bits per heavy atom. The van der Waals surface area contributed by atoms with Gasteiger partial charge in [0.15, 0.2) is 0 Å². The molecule has 1 aliphatic carbocycles. The molecule has 0 heterocycles. The van der Waals surface area contributed by atoms with Crippen LogP contribution in [0, 0.1) is 5.92 Å². The number of alkyl halides is 3. The first kappa shape index (κ1) is 12.7. The second-order valence-corrected chi connectivity index (χ2v) is 4.86. The fraction of sp³-hybridized carbons (Fsp3) is 0.889. The van der Waals surface area contributed by atoms with Crippen LogP contribution in [0.15, 0.2) is 0 Å². The van der Waals surface area contributed by atoms with Crippen molar-refractivity contribution in [3.63, 3.8) is 0 Å². The monoisotopic (exact) mass is 241 g/mol. The molecule has 2 nitrogen and oxygen atoms in total. The fourth-order valence-corrected chi connectivity index (χ4v) is 1.86. The lowest BCUT2D eigenvalue weighted by atomic mass is 10.2. The summed E-state index contributed by atoms with van der Waals surface area (Å²) in [6, 6.07) is 0.0614. The number of carbonyl (C=O) groups excluding carboxylic acids is 1. The maximum absolute atomic E-state index is 11.8. The van der Waals surface area contributed by atoms with Gasteiger partial charge in [0.05, 0.1) is 5.75 Å². The average molecular weight is 241 g/mol. The molecule has 88 valence electrons. The van der Waals surface area contributed by atoms with Crippen molar-refractivity contribution in [2.45, 2.75) is 31.3 Å². The summed E-state index contributed by atoms with van der Waals surface area (Å²) in [5, 5.41) is 0. The van der Waals surface area contributed by atoms with Gasteiger partial charge >= 0.3 is 5.51 Å². The normalized spacial score (nSPS) is 18.7. The number of carbonyl (C=O) groups is 1. The number of rotatable bonds is 4. The van der Waals surface area contributed by atoms with E-state index in [0.29, 0.717) is 5.92 Å². The number of nitrogens with zero attached hydrogens (tertiary/aromatic N) is 1. The van der Waals surface area contributed by atoms with Gasteiger partial charge in [-0.1, -0.05) is 0 Å². The van der Waals surface area contributed by atoms with Gasteiger partial charge < -0.3 is 4.90 Å². The Morgan fingerprint density at radius 1 is 1.53 bits per heavy atom. The highest BCUT2D eigenvalue weighted by Crippen LogP contribution is 2.35. The first-order valence-corrected chi connectivity index (χ1v) is 5.76. The molecule has 0 aliphatic heterocycles. The zero-order valence-electron chi connectivity index (χ0n) is 8.67. The Balaban J connectivity index is 2.32. The molecule has 1 amide bonds. The van der Waals surface area contributed by atoms with E-state index in [-0.39, 0.29) is 17.8 Å². The quantitative estimate of drug-likeness (QED) is 0.753. The third-order valence-corrected chi connectivity index (χ3v) is 3.39. The zero-order valence-corrected chi connectivity index (χ0v) is 9.49. The molecule has 1 aliphatic rings. The molecule has 0 N–H and O–H groups in total. The van der Waals surface area contributed by atoms with Crippen molar-refractivity contribution in [2.75, 3.05) is 12.8 Å². The van der Waals surface area contributed by atoms with Gasteiger partial charge in [-0.2, -0.15) is 13.2 Å². The standard InChI is InChI=1S/C9H14F3NOS/c1-6(7-3-4-7)13(2)8(14)5-15-9(10,11)12/h6-7H,3-5H2,1-2H3. The summed E-state index contributed by atoms with van der Waals surface area (Å²) in [6.45, 7) is 1.88. The van der Waals surface area contributed by atoms with Crippen LogP contribution in [0.2, 0.25) is 0 Å². The van der Waals surface area contributed by atoms with Gasteiger partial charge in [-0.3, -0.25) is 4.79 Å². The number of hydrogen-bond donors (Lipinski definition) is 0. The predicted octanol–water partition coefficient (Wildman–Crippen LogP) is 2.50. The van der Waals surface area contributed by atoms with Crippen LogP contribution in [0.3, 0.4) is 0 Å². The first-order valence-electron chi connectivity index (χ1n) is 4.77. The third kappa shape index (κ3) is 4.32. The van der Waals surface area contributed by atoms with Gasteiger partial charge in [-0.15, -0.1) is 0 Å². The molecular formula is C9H14F3NOS. The van der Waals surface area contributed by atoms with Crippen molar-refractivity contribution in [1.29, 1.82) is 0 Å². The molecule has 0 spiro atoms. The van der Waals surface area contributed by atoms with Crippen LogP contribution >= 0.6 is 11.8 Å². The minimum absolute atomic E-state index is 0.0614. The molecule has 1 unspecified atom stereocenters. The smallest absolute Gasteiger partial charge is 0.342 e. The number of thioether (sulfide) groups is 1. The Hall–Kier alpha value is -0.390. The van der Waals surface area contributed by atoms with Crippen LogP contribution in [0.25, 0.3) is 0 Å². The van der Waals surface area contributed by atoms with Crippen molar-refractivity contribution >= 4 is 17.7 Å². The SMILES string of the molecule is CC(C1CC1)N(C)C(=O)CSC(F)(F)F. The Kier molecular flexibility index (Phi) is 3.92. The van der Waals surface area contributed by atoms with Crippen molar-refractivity contribution in [1.82, 2.24) is 4.90 Å². The maximum Gasteiger partial charge on any atom is 0.442 e. The van der Waals surface area contributed by atoms with Gasteiger partial charge in [0.1, 0.15) is 0 Å². The summed E-state index contributed by atoms with van der Waals surface area (Å²) in [7, 11) is 1.57. The second kappa shape index (κ2) is 4.63. The van der Waals surface area contributed by atoms with Crippen molar-refractivity contribution in [3.05, 3.63) is 0 Å². The van der Waals surface area contributed by atoms with Crippen LogP contribution in [-0.2, 0) is 4.79 Å². The summed E-state index contributed by atoms with van der Waals surface area (Å²) in [5.41, 5.74) is -4.32. The highest BCUT2D eigenvalue weighted by Gasteiger charge is 2.34. The second-order valence-electron chi connectivity index (χ2n) is 3.82. The third-order valence-electron chi connectivity index (χ3n) is 2.67. The predicted molar refractivity (Wildman–Crippen MR) is 53.5 cm³/mol. The van der Waals surface area contributed by atoms with E-state index >= 15 is 0 Å². The molecule has 15 heavy (non-hydrogen) atoms. The van der Waals surface area contributed by atoms with Crippen molar-refractivity contribution in [2.24, 2.45) is 5.92 Å². The van der Waals surface area contributed by atoms with Gasteiger partial charge in [-0.05, 0) is 37.4 Å². The van der Waals surface area contributed by atoms with Crippen LogP contribution in [0.4, 0.5) is 13.2 Å². The van der Waals surface area contributed by atoms with Crippen molar-refractivity contribution in [3.8, 4) is 0 Å². The lowest BCUT2D eigenvalue weighted by Crippen LogP contribution is -2.37. The average Bonchev–Trinajstić information content (AvgIpc) is 2.93. The van der Waals surface area contributed by atoms with Gasteiger partial charge in [0.2, 0.25) is 5.91 Å². The fourth-order valence-electron chi connectivity index (χ4n) is 1.37. The lowest BCUT2D eigenvalue weighted by molar-refractivity contribution is -0.129. The van der Waals surface area contributed by atoms with Gasteiger partial charge in [0.25, 0.3) is 0 Å². The molecule has 0 saturated heterocycles. The number of amides is 1. The largest absolute Gasteiger partial charge is 0.442 e. The number of hydrogen-bond acceptors (Lipinski definition) is 2. The maximum atomic E-state index is 11.8. The Labute approximate surface area is 91.2 Å². The van der Waals surface area contributed by atoms with E-state index in [4.69, 9.17) is 0 Å². The summed E-state index contributed by atoms with van der Waals surface area (Å²) >= 11 is -0.272. The molecule has 1 atom stereocenters. The van der Waals surface area contributed by atoms with E-state index in [1.54, 1.807) is 7.05 Å². The molecule has 0 bridgehead atoms. The van der Waals surface area contributed by atoms with E-state index in [9.17, 15) is 18.0 Å². The molecule has 0 aromatic carbocycles. The molecular weight excluding hydrogens is 227 g/mol. The van der Waals surface area contributed by atoms with E-state index in [1.807, 2.05) is 6.92 Å². The minimum atomic E-state index is -4.32. The highest BCUT2D eigenvalue weighted by molar-refractivity contribution is 8.00. The minimum Gasteiger partial charge on any atom is -0.342 e. The number of halogens is 3. The van der Waals surface area contributed by atoms with Gasteiger partial charge in [-0.25, -0.2) is 0 Å². The molecule has 1 rings (SSSR count). The van der Waals surface area contributed by atoms with E-state index in [1.165, 1.54) is 4.90 Å². The zero-order chi connectivity index (χ0) is 11.6. The van der Waals surface area contributed by atoms with Crippen LogP contribution in [-0.4, -0.2) is 35.2 Å². The first-order chi connectivity index (χ1) is 6.81. The molecule has 6 heteroatoms. The Bertz CT molecular complexity index is 240. The van der Waals surface area contributed by atoms with Crippen LogP contribution in [0.5, 0.6) is 0 Å². The molecule has 1 fully saturated rings. The van der Waals surface area contributed by atoms with Crippen molar-refractivity contribution < 1.29 is 18.0 Å². The van der Waals surface area contributed by atoms with E-state index in [0.717, 1.165) is 12.8 Å².